The summed E-state index contributed by atoms with van der Waals surface area (Å²) in [5, 5.41) is 9.70. The number of aliphatic hydroxyl groups is 1. The minimum absolute atomic E-state index is 0.244. The zero-order valence-electron chi connectivity index (χ0n) is 15.7. The third kappa shape index (κ3) is 7.93. The first kappa shape index (κ1) is 22.1. The van der Waals surface area contributed by atoms with Crippen molar-refractivity contribution in [1.82, 2.24) is 0 Å². The first-order valence-corrected chi connectivity index (χ1v) is 9.11. The molecule has 1 rings (SSSR count). The fourth-order valence-corrected chi connectivity index (χ4v) is 2.89. The quantitative estimate of drug-likeness (QED) is 0.420. The van der Waals surface area contributed by atoms with Gasteiger partial charge in [0.1, 0.15) is 11.4 Å². The Morgan fingerprint density at radius 2 is 1.85 bits per heavy atom. The molecule has 7 heteroatoms. The summed E-state index contributed by atoms with van der Waals surface area (Å²) in [5.41, 5.74) is -0.724. The number of carbonyl (C=O) groups is 2. The van der Waals surface area contributed by atoms with Crippen molar-refractivity contribution in [3.8, 4) is 5.75 Å². The highest BCUT2D eigenvalue weighted by molar-refractivity contribution is 8.00. The smallest absolute Gasteiger partial charge is 0.336 e. The topological polar surface area (TPSA) is 82.1 Å². The number of ether oxygens (including phenoxy) is 3. The lowest BCUT2D eigenvalue weighted by Gasteiger charge is -2.24. The molecule has 0 unspecified atom stereocenters. The molecule has 0 radical (unpaired) electrons. The van der Waals surface area contributed by atoms with E-state index < -0.39 is 28.9 Å². The van der Waals surface area contributed by atoms with Crippen LogP contribution in [-0.2, 0) is 19.1 Å². The number of methoxy groups -OCH3 is 1. The predicted octanol–water partition coefficient (Wildman–Crippen LogP) is 2.98. The number of rotatable bonds is 8. The highest BCUT2D eigenvalue weighted by atomic mass is 32.2. The summed E-state index contributed by atoms with van der Waals surface area (Å²) in [6.45, 7) is 7.10. The van der Waals surface area contributed by atoms with Gasteiger partial charge >= 0.3 is 11.9 Å². The molecular weight excluding hydrogens is 356 g/mol. The third-order valence-corrected chi connectivity index (χ3v) is 4.23. The van der Waals surface area contributed by atoms with E-state index >= 15 is 0 Å². The standard InChI is InChI=1S/C19H26O6S/c1-6-24-16(20)12-11-15(17(21)18(22)25-19(2,3)4)26-14-9-7-13(23-5)8-10-14/h7-12,15,17,21H,6H2,1-5H3/b12-11+/t15-,17+/m0/s1. The molecule has 0 bridgehead atoms. The van der Waals surface area contributed by atoms with E-state index in [2.05, 4.69) is 0 Å². The Morgan fingerprint density at radius 1 is 1.23 bits per heavy atom. The molecule has 144 valence electrons. The van der Waals surface area contributed by atoms with E-state index in [1.54, 1.807) is 59.1 Å². The van der Waals surface area contributed by atoms with Crippen molar-refractivity contribution in [3.05, 3.63) is 36.4 Å². The molecule has 2 atom stereocenters. The van der Waals surface area contributed by atoms with E-state index in [4.69, 9.17) is 14.2 Å². The van der Waals surface area contributed by atoms with Crippen LogP contribution in [0.4, 0.5) is 0 Å². The van der Waals surface area contributed by atoms with Gasteiger partial charge in [0.2, 0.25) is 0 Å². The number of benzene rings is 1. The lowest BCUT2D eigenvalue weighted by atomic mass is 10.1. The van der Waals surface area contributed by atoms with Gasteiger partial charge in [-0.2, -0.15) is 0 Å². The Balaban J connectivity index is 2.96. The Hall–Kier alpha value is -1.99. The van der Waals surface area contributed by atoms with Gasteiger partial charge in [0.05, 0.1) is 19.0 Å². The van der Waals surface area contributed by atoms with E-state index in [9.17, 15) is 14.7 Å². The Bertz CT molecular complexity index is 618. The SMILES string of the molecule is CCOC(=O)/C=C/[C@H](Sc1ccc(OC)cc1)[C@@H](O)C(=O)OC(C)(C)C. The third-order valence-electron chi connectivity index (χ3n) is 3.00. The summed E-state index contributed by atoms with van der Waals surface area (Å²) in [6, 6.07) is 7.15. The van der Waals surface area contributed by atoms with Gasteiger partial charge in [-0.1, -0.05) is 6.08 Å². The van der Waals surface area contributed by atoms with Gasteiger partial charge in [-0.05, 0) is 52.0 Å². The van der Waals surface area contributed by atoms with Crippen LogP contribution in [0.2, 0.25) is 0 Å². The Labute approximate surface area is 158 Å². The molecule has 0 aliphatic heterocycles. The largest absolute Gasteiger partial charge is 0.497 e. The van der Waals surface area contributed by atoms with E-state index in [1.165, 1.54) is 23.9 Å². The van der Waals surface area contributed by atoms with Crippen LogP contribution in [0.5, 0.6) is 5.75 Å². The van der Waals surface area contributed by atoms with Gasteiger partial charge in [0.25, 0.3) is 0 Å². The lowest BCUT2D eigenvalue weighted by molar-refractivity contribution is -0.164. The zero-order valence-corrected chi connectivity index (χ0v) is 16.5. The maximum Gasteiger partial charge on any atom is 0.336 e. The van der Waals surface area contributed by atoms with Crippen molar-refractivity contribution in [2.45, 2.75) is 49.5 Å². The molecule has 0 saturated carbocycles. The number of thioether (sulfide) groups is 1. The number of esters is 2. The van der Waals surface area contributed by atoms with Crippen LogP contribution < -0.4 is 4.74 Å². The van der Waals surface area contributed by atoms with E-state index in [1.807, 2.05) is 0 Å². The summed E-state index contributed by atoms with van der Waals surface area (Å²) >= 11 is 1.23. The molecule has 0 aromatic heterocycles. The second-order valence-electron chi connectivity index (χ2n) is 6.35. The minimum atomic E-state index is -1.44. The van der Waals surface area contributed by atoms with Crippen LogP contribution in [0, 0.1) is 0 Å². The van der Waals surface area contributed by atoms with Gasteiger partial charge in [-0.3, -0.25) is 0 Å². The van der Waals surface area contributed by atoms with E-state index in [0.717, 1.165) is 4.90 Å². The summed E-state index contributed by atoms with van der Waals surface area (Å²) in [5.74, 6) is -0.595. The lowest BCUT2D eigenvalue weighted by Crippen LogP contribution is -2.37. The van der Waals surface area contributed by atoms with Gasteiger partial charge in [0.15, 0.2) is 6.10 Å². The van der Waals surface area contributed by atoms with Crippen molar-refractivity contribution >= 4 is 23.7 Å². The van der Waals surface area contributed by atoms with Gasteiger partial charge in [0, 0.05) is 11.0 Å². The van der Waals surface area contributed by atoms with E-state index in [-0.39, 0.29) is 6.61 Å². The molecule has 0 saturated heterocycles. The monoisotopic (exact) mass is 382 g/mol. The van der Waals surface area contributed by atoms with Crippen molar-refractivity contribution in [2.75, 3.05) is 13.7 Å². The summed E-state index contributed by atoms with van der Waals surface area (Å²) in [4.78, 5) is 24.6. The molecule has 1 aromatic rings. The van der Waals surface area contributed by atoms with Crippen LogP contribution in [0.25, 0.3) is 0 Å². The van der Waals surface area contributed by atoms with E-state index in [0.29, 0.717) is 5.75 Å². The normalized spacial score (nSPS) is 13.9. The molecule has 0 aliphatic carbocycles. The van der Waals surface area contributed by atoms with Gasteiger partial charge in [-0.15, -0.1) is 11.8 Å². The molecule has 26 heavy (non-hydrogen) atoms. The van der Waals surface area contributed by atoms with Crippen molar-refractivity contribution in [2.24, 2.45) is 0 Å². The van der Waals surface area contributed by atoms with Crippen LogP contribution in [-0.4, -0.2) is 47.7 Å². The molecule has 1 aromatic carbocycles. The highest BCUT2D eigenvalue weighted by Gasteiger charge is 2.30. The van der Waals surface area contributed by atoms with Gasteiger partial charge in [-0.25, -0.2) is 9.59 Å². The second-order valence-corrected chi connectivity index (χ2v) is 7.60. The molecule has 6 nitrogen and oxygen atoms in total. The van der Waals surface area contributed by atoms with Crippen LogP contribution in [0.3, 0.4) is 0 Å². The average molecular weight is 382 g/mol. The first-order valence-electron chi connectivity index (χ1n) is 8.23. The Kier molecular flexibility index (Phi) is 8.68. The van der Waals surface area contributed by atoms with Crippen LogP contribution >= 0.6 is 11.8 Å². The summed E-state index contributed by atoms with van der Waals surface area (Å²) < 4.78 is 15.2. The first-order chi connectivity index (χ1) is 12.2. The number of aliphatic hydroxyl groups excluding tert-OH is 1. The van der Waals surface area contributed by atoms with Crippen molar-refractivity contribution in [3.63, 3.8) is 0 Å². The molecule has 0 fully saturated rings. The Morgan fingerprint density at radius 3 is 2.35 bits per heavy atom. The maximum atomic E-state index is 12.2. The zero-order chi connectivity index (χ0) is 19.7. The molecule has 0 amide bonds. The van der Waals surface area contributed by atoms with Gasteiger partial charge < -0.3 is 19.3 Å². The summed E-state index contributed by atoms with van der Waals surface area (Å²) in [7, 11) is 1.57. The number of carbonyl (C=O) groups excluding carboxylic acids is 2. The van der Waals surface area contributed by atoms with Crippen LogP contribution in [0.15, 0.2) is 41.3 Å². The second kappa shape index (κ2) is 10.2. The average Bonchev–Trinajstić information content (AvgIpc) is 2.57. The number of hydrogen-bond donors (Lipinski definition) is 1. The van der Waals surface area contributed by atoms with Crippen molar-refractivity contribution < 1.29 is 28.9 Å². The fourth-order valence-electron chi connectivity index (χ4n) is 1.88. The molecule has 1 N–H and O–H groups in total. The molecule has 0 aliphatic rings. The molecular formula is C19H26O6S. The molecule has 0 spiro atoms. The molecule has 0 heterocycles. The van der Waals surface area contributed by atoms with Crippen LogP contribution in [0.1, 0.15) is 27.7 Å². The van der Waals surface area contributed by atoms with Crippen molar-refractivity contribution in [1.29, 1.82) is 0 Å². The predicted molar refractivity (Wildman–Crippen MR) is 100 cm³/mol. The maximum absolute atomic E-state index is 12.2. The fraction of sp³-hybridized carbons (Fsp3) is 0.474. The highest BCUT2D eigenvalue weighted by Crippen LogP contribution is 2.29. The number of hydrogen-bond acceptors (Lipinski definition) is 7. The summed E-state index contributed by atoms with van der Waals surface area (Å²) in [6.07, 6.45) is 1.21. The minimum Gasteiger partial charge on any atom is -0.497 e.